The largest absolute Gasteiger partial charge is 0.336 e. The van der Waals surface area contributed by atoms with E-state index in [1.54, 1.807) is 16.8 Å². The van der Waals surface area contributed by atoms with Gasteiger partial charge in [0.25, 0.3) is 0 Å². The van der Waals surface area contributed by atoms with Gasteiger partial charge in [-0.2, -0.15) is 0 Å². The van der Waals surface area contributed by atoms with Crippen molar-refractivity contribution in [3.8, 4) is 0 Å². The van der Waals surface area contributed by atoms with E-state index >= 15 is 0 Å². The Morgan fingerprint density at radius 1 is 1.12 bits per heavy atom. The smallest absolute Gasteiger partial charge is 0.246 e. The highest BCUT2D eigenvalue weighted by molar-refractivity contribution is 5.91. The summed E-state index contributed by atoms with van der Waals surface area (Å²) in [7, 11) is 0. The summed E-state index contributed by atoms with van der Waals surface area (Å²) in [4.78, 5) is 14.8. The monoisotopic (exact) mass is 350 g/mol. The van der Waals surface area contributed by atoms with Crippen molar-refractivity contribution in [2.24, 2.45) is 5.92 Å². The first kappa shape index (κ1) is 17.0. The molecule has 26 heavy (non-hydrogen) atoms. The van der Waals surface area contributed by atoms with Crippen LogP contribution in [-0.4, -0.2) is 38.4 Å². The Balaban J connectivity index is 1.37. The van der Waals surface area contributed by atoms with Crippen LogP contribution in [0.25, 0.3) is 6.08 Å². The molecule has 1 aromatic carbocycles. The standard InChI is InChI=1S/C21H26N4O/c26-21(25-14-6-11-20(25)18-9-4-5-10-18)13-12-19-16-24(23-22-19)15-17-7-2-1-3-8-17/h1-3,7-8,12-13,16,18,20H,4-6,9-11,14-15H2/b13-12+. The number of nitrogens with zero attached hydrogens (tertiary/aromatic N) is 4. The number of benzene rings is 1. The number of hydrogen-bond donors (Lipinski definition) is 0. The van der Waals surface area contributed by atoms with Crippen molar-refractivity contribution in [1.82, 2.24) is 19.9 Å². The molecule has 1 saturated carbocycles. The number of carbonyl (C=O) groups excluding carboxylic acids is 1. The van der Waals surface area contributed by atoms with Gasteiger partial charge in [-0.25, -0.2) is 4.68 Å². The summed E-state index contributed by atoms with van der Waals surface area (Å²) in [6, 6.07) is 10.6. The lowest BCUT2D eigenvalue weighted by Crippen LogP contribution is -2.38. The van der Waals surface area contributed by atoms with E-state index in [0.717, 1.165) is 25.1 Å². The maximum absolute atomic E-state index is 12.7. The van der Waals surface area contributed by atoms with Crippen LogP contribution in [0, 0.1) is 5.92 Å². The number of likely N-dealkylation sites (tertiary alicyclic amines) is 1. The molecule has 1 aliphatic heterocycles. The Bertz CT molecular complexity index is 761. The predicted molar refractivity (Wildman–Crippen MR) is 101 cm³/mol. The fourth-order valence-corrected chi connectivity index (χ4v) is 4.39. The van der Waals surface area contributed by atoms with E-state index in [-0.39, 0.29) is 5.91 Å². The fourth-order valence-electron chi connectivity index (χ4n) is 4.39. The molecule has 2 aromatic rings. The fraction of sp³-hybridized carbons (Fsp3) is 0.476. The van der Waals surface area contributed by atoms with Gasteiger partial charge in [0.15, 0.2) is 0 Å². The minimum atomic E-state index is 0.122. The van der Waals surface area contributed by atoms with Crippen LogP contribution < -0.4 is 0 Å². The normalized spacial score (nSPS) is 21.1. The average molecular weight is 350 g/mol. The molecule has 0 spiro atoms. The highest BCUT2D eigenvalue weighted by atomic mass is 16.2. The van der Waals surface area contributed by atoms with Gasteiger partial charge in [-0.3, -0.25) is 4.79 Å². The summed E-state index contributed by atoms with van der Waals surface area (Å²) in [5.41, 5.74) is 1.91. The molecule has 1 aromatic heterocycles. The van der Waals surface area contributed by atoms with Crippen molar-refractivity contribution in [3.05, 3.63) is 53.9 Å². The van der Waals surface area contributed by atoms with Crippen LogP contribution in [0.5, 0.6) is 0 Å². The lowest BCUT2D eigenvalue weighted by molar-refractivity contribution is -0.127. The lowest BCUT2D eigenvalue weighted by Gasteiger charge is -2.28. The molecule has 0 radical (unpaired) electrons. The van der Waals surface area contributed by atoms with Crippen molar-refractivity contribution < 1.29 is 4.79 Å². The SMILES string of the molecule is O=C(/C=C/c1cn(Cc2ccccc2)nn1)N1CCCC1C1CCCC1. The number of hydrogen-bond acceptors (Lipinski definition) is 3. The van der Waals surface area contributed by atoms with Crippen LogP contribution in [-0.2, 0) is 11.3 Å². The van der Waals surface area contributed by atoms with Gasteiger partial charge in [-0.05, 0) is 43.2 Å². The van der Waals surface area contributed by atoms with Crippen molar-refractivity contribution >= 4 is 12.0 Å². The number of carbonyl (C=O) groups is 1. The van der Waals surface area contributed by atoms with Gasteiger partial charge in [-0.15, -0.1) is 5.10 Å². The Labute approximate surface area is 154 Å². The third kappa shape index (κ3) is 3.87. The summed E-state index contributed by atoms with van der Waals surface area (Å²) in [5, 5.41) is 8.32. The van der Waals surface area contributed by atoms with E-state index in [9.17, 15) is 4.79 Å². The summed E-state index contributed by atoms with van der Waals surface area (Å²) in [6.07, 6.45) is 12.9. The van der Waals surface area contributed by atoms with Gasteiger partial charge in [-0.1, -0.05) is 48.4 Å². The highest BCUT2D eigenvalue weighted by Gasteiger charge is 2.34. The second-order valence-corrected chi connectivity index (χ2v) is 7.45. The Hall–Kier alpha value is -2.43. The van der Waals surface area contributed by atoms with Crippen molar-refractivity contribution in [2.45, 2.75) is 51.1 Å². The number of rotatable bonds is 5. The van der Waals surface area contributed by atoms with Crippen LogP contribution in [0.15, 0.2) is 42.6 Å². The molecule has 1 aliphatic carbocycles. The summed E-state index contributed by atoms with van der Waals surface area (Å²) in [6.45, 7) is 1.58. The lowest BCUT2D eigenvalue weighted by atomic mass is 9.96. The Morgan fingerprint density at radius 3 is 2.73 bits per heavy atom. The van der Waals surface area contributed by atoms with E-state index in [1.807, 2.05) is 24.4 Å². The zero-order valence-electron chi connectivity index (χ0n) is 15.1. The molecule has 4 rings (SSSR count). The van der Waals surface area contributed by atoms with Gasteiger partial charge in [0.1, 0.15) is 5.69 Å². The summed E-state index contributed by atoms with van der Waals surface area (Å²) >= 11 is 0. The van der Waals surface area contributed by atoms with E-state index < -0.39 is 0 Å². The molecular formula is C21H26N4O. The quantitative estimate of drug-likeness (QED) is 0.775. The van der Waals surface area contributed by atoms with E-state index in [1.165, 1.54) is 31.2 Å². The Morgan fingerprint density at radius 2 is 1.92 bits per heavy atom. The maximum atomic E-state index is 12.7. The van der Waals surface area contributed by atoms with Crippen LogP contribution >= 0.6 is 0 Å². The number of aromatic nitrogens is 3. The summed E-state index contributed by atoms with van der Waals surface area (Å²) < 4.78 is 1.80. The van der Waals surface area contributed by atoms with E-state index in [4.69, 9.17) is 0 Å². The molecule has 2 aliphatic rings. The third-order valence-corrected chi connectivity index (χ3v) is 5.67. The molecule has 1 amide bonds. The second-order valence-electron chi connectivity index (χ2n) is 7.45. The van der Waals surface area contributed by atoms with Gasteiger partial charge in [0.2, 0.25) is 5.91 Å². The van der Waals surface area contributed by atoms with Gasteiger partial charge in [0, 0.05) is 18.7 Å². The zero-order chi connectivity index (χ0) is 17.8. The molecule has 2 fully saturated rings. The van der Waals surface area contributed by atoms with Crippen LogP contribution in [0.4, 0.5) is 0 Å². The zero-order valence-corrected chi connectivity index (χ0v) is 15.1. The summed E-state index contributed by atoms with van der Waals surface area (Å²) in [5.74, 6) is 0.832. The topological polar surface area (TPSA) is 51.0 Å². The molecule has 5 heteroatoms. The molecule has 136 valence electrons. The average Bonchev–Trinajstić information content (AvgIpc) is 3.41. The molecule has 1 saturated heterocycles. The minimum absolute atomic E-state index is 0.122. The molecule has 0 N–H and O–H groups in total. The van der Waals surface area contributed by atoms with Crippen LogP contribution in [0.1, 0.15) is 49.8 Å². The molecular weight excluding hydrogens is 324 g/mol. The van der Waals surface area contributed by atoms with E-state index in [0.29, 0.717) is 18.5 Å². The van der Waals surface area contributed by atoms with Crippen molar-refractivity contribution in [2.75, 3.05) is 6.54 Å². The third-order valence-electron chi connectivity index (χ3n) is 5.67. The van der Waals surface area contributed by atoms with Crippen molar-refractivity contribution in [1.29, 1.82) is 0 Å². The van der Waals surface area contributed by atoms with Crippen molar-refractivity contribution in [3.63, 3.8) is 0 Å². The maximum Gasteiger partial charge on any atom is 0.246 e. The molecule has 5 nitrogen and oxygen atoms in total. The van der Waals surface area contributed by atoms with Crippen LogP contribution in [0.2, 0.25) is 0 Å². The first-order valence-corrected chi connectivity index (χ1v) is 9.72. The molecule has 2 heterocycles. The molecule has 0 bridgehead atoms. The second kappa shape index (κ2) is 7.85. The number of amides is 1. The molecule has 1 unspecified atom stereocenters. The van der Waals surface area contributed by atoms with Gasteiger partial charge < -0.3 is 4.90 Å². The van der Waals surface area contributed by atoms with Crippen LogP contribution in [0.3, 0.4) is 0 Å². The Kier molecular flexibility index (Phi) is 5.14. The highest BCUT2D eigenvalue weighted by Crippen LogP contribution is 2.35. The predicted octanol–water partition coefficient (Wildman–Crippen LogP) is 3.52. The van der Waals surface area contributed by atoms with Gasteiger partial charge >= 0.3 is 0 Å². The minimum Gasteiger partial charge on any atom is -0.336 e. The van der Waals surface area contributed by atoms with Gasteiger partial charge in [0.05, 0.1) is 12.7 Å². The molecule has 1 atom stereocenters. The van der Waals surface area contributed by atoms with E-state index in [2.05, 4.69) is 27.3 Å². The first-order valence-electron chi connectivity index (χ1n) is 9.72. The first-order chi connectivity index (χ1) is 12.8.